The molecule has 2 aromatic rings. The molecule has 0 spiro atoms. The van der Waals surface area contributed by atoms with Crippen molar-refractivity contribution in [2.75, 3.05) is 0 Å². The van der Waals surface area contributed by atoms with Crippen molar-refractivity contribution in [3.05, 3.63) is 68.7 Å². The van der Waals surface area contributed by atoms with Gasteiger partial charge in [-0.2, -0.15) is 5.10 Å². The zero-order valence-electron chi connectivity index (χ0n) is 11.1. The molecule has 0 fully saturated rings. The summed E-state index contributed by atoms with van der Waals surface area (Å²) >= 11 is 5.89. The number of nitro benzene ring substituents is 1. The van der Waals surface area contributed by atoms with Gasteiger partial charge >= 0.3 is 0 Å². The summed E-state index contributed by atoms with van der Waals surface area (Å²) in [5.41, 5.74) is 2.41. The molecule has 2 N–H and O–H groups in total. The third kappa shape index (κ3) is 3.58. The van der Waals surface area contributed by atoms with Crippen LogP contribution in [-0.2, 0) is 0 Å². The van der Waals surface area contributed by atoms with Crippen molar-refractivity contribution in [2.45, 2.75) is 0 Å². The molecule has 1 amide bonds. The summed E-state index contributed by atoms with van der Waals surface area (Å²) in [6.45, 7) is 0. The van der Waals surface area contributed by atoms with Gasteiger partial charge in [0.15, 0.2) is 0 Å². The maximum atomic E-state index is 11.8. The van der Waals surface area contributed by atoms with E-state index in [0.717, 1.165) is 0 Å². The van der Waals surface area contributed by atoms with Gasteiger partial charge in [-0.15, -0.1) is 0 Å². The van der Waals surface area contributed by atoms with Gasteiger partial charge in [0.1, 0.15) is 5.75 Å². The Morgan fingerprint density at radius 2 is 2.05 bits per heavy atom. The Balaban J connectivity index is 2.13. The number of benzene rings is 2. The Kier molecular flexibility index (Phi) is 4.70. The summed E-state index contributed by atoms with van der Waals surface area (Å²) in [4.78, 5) is 21.9. The van der Waals surface area contributed by atoms with Crippen molar-refractivity contribution >= 4 is 29.4 Å². The van der Waals surface area contributed by atoms with Gasteiger partial charge in [-0.05, 0) is 18.2 Å². The molecule has 0 atom stereocenters. The normalized spacial score (nSPS) is 10.6. The number of amides is 1. The first-order valence-corrected chi connectivity index (χ1v) is 6.42. The first-order chi connectivity index (χ1) is 10.5. The summed E-state index contributed by atoms with van der Waals surface area (Å²) in [5, 5.41) is 24.2. The molecule has 0 radical (unpaired) electrons. The van der Waals surface area contributed by atoms with E-state index in [-0.39, 0.29) is 27.6 Å². The van der Waals surface area contributed by atoms with Gasteiger partial charge in [0.05, 0.1) is 16.7 Å². The topological polar surface area (TPSA) is 105 Å². The number of hydrazone groups is 1. The molecule has 0 unspecified atom stereocenters. The van der Waals surface area contributed by atoms with E-state index in [4.69, 9.17) is 11.6 Å². The molecule has 0 aliphatic rings. The fourth-order valence-electron chi connectivity index (χ4n) is 1.63. The number of nitro groups is 1. The molecule has 8 heteroatoms. The van der Waals surface area contributed by atoms with E-state index in [1.165, 1.54) is 36.5 Å². The lowest BCUT2D eigenvalue weighted by molar-refractivity contribution is -0.384. The second-order valence-corrected chi connectivity index (χ2v) is 4.59. The van der Waals surface area contributed by atoms with Crippen molar-refractivity contribution in [2.24, 2.45) is 5.10 Å². The van der Waals surface area contributed by atoms with Crippen molar-refractivity contribution in [1.82, 2.24) is 5.43 Å². The van der Waals surface area contributed by atoms with Crippen LogP contribution in [0.4, 0.5) is 5.69 Å². The van der Waals surface area contributed by atoms with E-state index in [2.05, 4.69) is 10.5 Å². The SMILES string of the molecule is O=C(N/N=C/c1cc([N+](=O)[O-])ccc1Cl)c1ccccc1O. The zero-order valence-corrected chi connectivity index (χ0v) is 11.8. The van der Waals surface area contributed by atoms with E-state index < -0.39 is 10.8 Å². The molecule has 0 saturated carbocycles. The summed E-state index contributed by atoms with van der Waals surface area (Å²) < 4.78 is 0. The van der Waals surface area contributed by atoms with E-state index >= 15 is 0 Å². The molecular formula is C14H10ClN3O4. The van der Waals surface area contributed by atoms with Crippen molar-refractivity contribution < 1.29 is 14.8 Å². The molecule has 0 bridgehead atoms. The maximum Gasteiger partial charge on any atom is 0.275 e. The van der Waals surface area contributed by atoms with Crippen LogP contribution in [0.15, 0.2) is 47.6 Å². The average molecular weight is 320 g/mol. The van der Waals surface area contributed by atoms with E-state index in [1.807, 2.05) is 0 Å². The Morgan fingerprint density at radius 1 is 1.32 bits per heavy atom. The molecule has 0 heterocycles. The fraction of sp³-hybridized carbons (Fsp3) is 0. The number of nitrogens with zero attached hydrogens (tertiary/aromatic N) is 2. The summed E-state index contributed by atoms with van der Waals surface area (Å²) in [5.74, 6) is -0.792. The minimum absolute atomic E-state index is 0.0600. The molecule has 2 aromatic carbocycles. The Morgan fingerprint density at radius 3 is 2.73 bits per heavy atom. The molecule has 0 aromatic heterocycles. The van der Waals surface area contributed by atoms with Crippen molar-refractivity contribution in [3.63, 3.8) is 0 Å². The summed E-state index contributed by atoms with van der Waals surface area (Å²) in [7, 11) is 0. The Hall–Kier alpha value is -2.93. The number of phenols is 1. The van der Waals surface area contributed by atoms with Gasteiger partial charge in [0.25, 0.3) is 11.6 Å². The smallest absolute Gasteiger partial charge is 0.275 e. The van der Waals surface area contributed by atoms with Gasteiger partial charge in [-0.25, -0.2) is 5.43 Å². The van der Waals surface area contributed by atoms with E-state index in [0.29, 0.717) is 0 Å². The number of carbonyl (C=O) groups excluding carboxylic acids is 1. The quantitative estimate of drug-likeness (QED) is 0.513. The fourth-order valence-corrected chi connectivity index (χ4v) is 1.80. The van der Waals surface area contributed by atoms with Gasteiger partial charge in [0.2, 0.25) is 0 Å². The highest BCUT2D eigenvalue weighted by Crippen LogP contribution is 2.20. The lowest BCUT2D eigenvalue weighted by atomic mass is 10.2. The minimum Gasteiger partial charge on any atom is -0.507 e. The highest BCUT2D eigenvalue weighted by atomic mass is 35.5. The van der Waals surface area contributed by atoms with Crippen LogP contribution in [0.1, 0.15) is 15.9 Å². The second kappa shape index (κ2) is 6.68. The largest absolute Gasteiger partial charge is 0.507 e. The summed E-state index contributed by atoms with van der Waals surface area (Å²) in [6.07, 6.45) is 1.19. The number of nitrogens with one attached hydrogen (secondary N) is 1. The predicted octanol–water partition coefficient (Wildman–Crippen LogP) is 2.72. The van der Waals surface area contributed by atoms with Crippen LogP contribution in [0.25, 0.3) is 0 Å². The average Bonchev–Trinajstić information content (AvgIpc) is 2.49. The number of rotatable bonds is 4. The maximum absolute atomic E-state index is 11.8. The van der Waals surface area contributed by atoms with Crippen molar-refractivity contribution in [1.29, 1.82) is 0 Å². The molecule has 0 saturated heterocycles. The Bertz CT molecular complexity index is 762. The third-order valence-corrected chi connectivity index (χ3v) is 3.05. The molecule has 0 aliphatic heterocycles. The van der Waals surface area contributed by atoms with Crippen LogP contribution in [0.5, 0.6) is 5.75 Å². The number of hydrogen-bond acceptors (Lipinski definition) is 5. The number of aromatic hydroxyl groups is 1. The highest BCUT2D eigenvalue weighted by molar-refractivity contribution is 6.33. The number of carbonyl (C=O) groups is 1. The molecule has 112 valence electrons. The van der Waals surface area contributed by atoms with Crippen LogP contribution in [-0.4, -0.2) is 22.2 Å². The number of non-ortho nitro benzene ring substituents is 1. The number of phenolic OH excluding ortho intramolecular Hbond substituents is 1. The Labute approximate surface area is 130 Å². The third-order valence-electron chi connectivity index (χ3n) is 2.71. The van der Waals surface area contributed by atoms with Gasteiger partial charge < -0.3 is 5.11 Å². The number of halogens is 1. The van der Waals surface area contributed by atoms with Crippen LogP contribution < -0.4 is 5.43 Å². The lowest BCUT2D eigenvalue weighted by Crippen LogP contribution is -2.17. The van der Waals surface area contributed by atoms with Crippen molar-refractivity contribution in [3.8, 4) is 5.75 Å². The first-order valence-electron chi connectivity index (χ1n) is 6.04. The zero-order chi connectivity index (χ0) is 16.1. The second-order valence-electron chi connectivity index (χ2n) is 4.18. The highest BCUT2D eigenvalue weighted by Gasteiger charge is 2.10. The van der Waals surface area contributed by atoms with Gasteiger partial charge in [-0.3, -0.25) is 14.9 Å². The van der Waals surface area contributed by atoms with E-state index in [1.54, 1.807) is 12.1 Å². The summed E-state index contributed by atoms with van der Waals surface area (Å²) in [6, 6.07) is 9.84. The number of hydrogen-bond donors (Lipinski definition) is 2. The van der Waals surface area contributed by atoms with E-state index in [9.17, 15) is 20.0 Å². The monoisotopic (exact) mass is 319 g/mol. The predicted molar refractivity (Wildman–Crippen MR) is 81.3 cm³/mol. The minimum atomic E-state index is -0.615. The molecule has 0 aliphatic carbocycles. The van der Waals surface area contributed by atoms with Crippen LogP contribution in [0.3, 0.4) is 0 Å². The standard InChI is InChI=1S/C14H10ClN3O4/c15-12-6-5-10(18(21)22)7-9(12)8-16-17-14(20)11-3-1-2-4-13(11)19/h1-8,19H,(H,17,20)/b16-8+. The molecule has 22 heavy (non-hydrogen) atoms. The van der Waals surface area contributed by atoms with Gasteiger partial charge in [0, 0.05) is 22.7 Å². The van der Waals surface area contributed by atoms with Crippen LogP contribution in [0.2, 0.25) is 5.02 Å². The molecule has 2 rings (SSSR count). The lowest BCUT2D eigenvalue weighted by Gasteiger charge is -2.02. The van der Waals surface area contributed by atoms with Crippen LogP contribution in [0, 0.1) is 10.1 Å². The first kappa shape index (κ1) is 15.5. The number of para-hydroxylation sites is 1. The molecular weight excluding hydrogens is 310 g/mol. The van der Waals surface area contributed by atoms with Crippen LogP contribution >= 0.6 is 11.6 Å². The molecule has 7 nitrogen and oxygen atoms in total. The van der Waals surface area contributed by atoms with Gasteiger partial charge in [-0.1, -0.05) is 23.7 Å².